The van der Waals surface area contributed by atoms with Gasteiger partial charge in [0.2, 0.25) is 0 Å². The average molecular weight is 364 g/mol. The lowest BCUT2D eigenvalue weighted by atomic mass is 10.1. The maximum atomic E-state index is 12.5. The first kappa shape index (κ1) is 17.1. The van der Waals surface area contributed by atoms with Gasteiger partial charge in [0.05, 0.1) is 0 Å². The van der Waals surface area contributed by atoms with E-state index >= 15 is 0 Å². The maximum Gasteiger partial charge on any atom is 0.253 e. The van der Waals surface area contributed by atoms with Crippen LogP contribution in [0.3, 0.4) is 0 Å². The minimum Gasteiger partial charge on any atom is -0.336 e. The van der Waals surface area contributed by atoms with Crippen LogP contribution in [0.25, 0.3) is 0 Å². The normalized spacial score (nSPS) is 16.3. The molecular formula is C17H20N2O3S2. The van der Waals surface area contributed by atoms with Gasteiger partial charge in [-0.1, -0.05) is 25.1 Å². The van der Waals surface area contributed by atoms with Crippen LogP contribution in [-0.4, -0.2) is 49.7 Å². The molecule has 0 bridgehead atoms. The van der Waals surface area contributed by atoms with Crippen LogP contribution >= 0.6 is 11.3 Å². The van der Waals surface area contributed by atoms with Crippen LogP contribution < -0.4 is 0 Å². The number of carbonyl (C=O) groups is 1. The van der Waals surface area contributed by atoms with Gasteiger partial charge >= 0.3 is 0 Å². The SMILES string of the molecule is CCc1ccc(C(=O)N2CCN(S(=O)(=O)c3cccs3)CC2)cc1. The second-order valence-corrected chi connectivity index (χ2v) is 8.79. The van der Waals surface area contributed by atoms with Crippen LogP contribution in [0.2, 0.25) is 0 Å². The number of benzene rings is 1. The van der Waals surface area contributed by atoms with E-state index in [1.165, 1.54) is 21.2 Å². The Hall–Kier alpha value is -1.70. The van der Waals surface area contributed by atoms with E-state index in [4.69, 9.17) is 0 Å². The fraction of sp³-hybridized carbons (Fsp3) is 0.353. The van der Waals surface area contributed by atoms with E-state index in [-0.39, 0.29) is 5.91 Å². The Bertz CT molecular complexity index is 791. The summed E-state index contributed by atoms with van der Waals surface area (Å²) in [6, 6.07) is 11.0. The van der Waals surface area contributed by atoms with Crippen molar-refractivity contribution in [2.24, 2.45) is 0 Å². The zero-order valence-electron chi connectivity index (χ0n) is 13.5. The molecule has 3 rings (SSSR count). The summed E-state index contributed by atoms with van der Waals surface area (Å²) < 4.78 is 26.8. The van der Waals surface area contributed by atoms with Crippen molar-refractivity contribution in [1.29, 1.82) is 0 Å². The largest absolute Gasteiger partial charge is 0.336 e. The van der Waals surface area contributed by atoms with E-state index in [1.54, 1.807) is 22.4 Å². The molecule has 2 aromatic rings. The number of piperazine rings is 1. The Kier molecular flexibility index (Phi) is 5.03. The quantitative estimate of drug-likeness (QED) is 0.837. The lowest BCUT2D eigenvalue weighted by Gasteiger charge is -2.33. The molecule has 0 atom stereocenters. The predicted octanol–water partition coefficient (Wildman–Crippen LogP) is 2.46. The number of nitrogens with zero attached hydrogens (tertiary/aromatic N) is 2. The van der Waals surface area contributed by atoms with Crippen LogP contribution in [0.1, 0.15) is 22.8 Å². The van der Waals surface area contributed by atoms with Crippen LogP contribution in [-0.2, 0) is 16.4 Å². The average Bonchev–Trinajstić information content (AvgIpc) is 3.17. The van der Waals surface area contributed by atoms with Gasteiger partial charge in [0.25, 0.3) is 15.9 Å². The summed E-state index contributed by atoms with van der Waals surface area (Å²) in [7, 11) is -3.43. The van der Waals surface area contributed by atoms with Crippen LogP contribution in [0.4, 0.5) is 0 Å². The first-order chi connectivity index (χ1) is 11.5. The molecule has 1 aromatic heterocycles. The highest BCUT2D eigenvalue weighted by molar-refractivity contribution is 7.91. The number of carbonyl (C=O) groups excluding carboxylic acids is 1. The van der Waals surface area contributed by atoms with Gasteiger partial charge < -0.3 is 4.90 Å². The first-order valence-corrected chi connectivity index (χ1v) is 10.3. The first-order valence-electron chi connectivity index (χ1n) is 7.94. The standard InChI is InChI=1S/C17H20N2O3S2/c1-2-14-5-7-15(8-6-14)17(20)18-9-11-19(12-10-18)24(21,22)16-4-3-13-23-16/h3-8,13H,2,9-12H2,1H3. The van der Waals surface area contributed by atoms with Crippen molar-refractivity contribution < 1.29 is 13.2 Å². The lowest BCUT2D eigenvalue weighted by molar-refractivity contribution is 0.0698. The maximum absolute atomic E-state index is 12.5. The molecule has 0 aliphatic carbocycles. The van der Waals surface area contributed by atoms with E-state index < -0.39 is 10.0 Å². The van der Waals surface area contributed by atoms with Crippen molar-refractivity contribution in [2.75, 3.05) is 26.2 Å². The predicted molar refractivity (Wildman–Crippen MR) is 94.8 cm³/mol. The van der Waals surface area contributed by atoms with Crippen molar-refractivity contribution in [3.63, 3.8) is 0 Å². The summed E-state index contributed by atoms with van der Waals surface area (Å²) in [5.41, 5.74) is 1.85. The Morgan fingerprint density at radius 3 is 2.29 bits per heavy atom. The van der Waals surface area contributed by atoms with Crippen molar-refractivity contribution in [1.82, 2.24) is 9.21 Å². The summed E-state index contributed by atoms with van der Waals surface area (Å²) in [6.07, 6.45) is 0.938. The molecule has 5 nitrogen and oxygen atoms in total. The lowest BCUT2D eigenvalue weighted by Crippen LogP contribution is -2.50. The summed E-state index contributed by atoms with van der Waals surface area (Å²) in [4.78, 5) is 14.3. The van der Waals surface area contributed by atoms with Crippen molar-refractivity contribution in [3.8, 4) is 0 Å². The number of aryl methyl sites for hydroxylation is 1. The van der Waals surface area contributed by atoms with E-state index in [9.17, 15) is 13.2 Å². The molecule has 0 spiro atoms. The highest BCUT2D eigenvalue weighted by Crippen LogP contribution is 2.22. The molecule has 1 aliphatic rings. The Morgan fingerprint density at radius 1 is 1.08 bits per heavy atom. The second kappa shape index (κ2) is 7.04. The van der Waals surface area contributed by atoms with Crippen molar-refractivity contribution in [2.45, 2.75) is 17.6 Å². The minimum absolute atomic E-state index is 0.0363. The Morgan fingerprint density at radius 2 is 1.75 bits per heavy atom. The molecule has 0 saturated carbocycles. The highest BCUT2D eigenvalue weighted by atomic mass is 32.2. The topological polar surface area (TPSA) is 57.7 Å². The monoisotopic (exact) mass is 364 g/mol. The zero-order valence-corrected chi connectivity index (χ0v) is 15.1. The fourth-order valence-electron chi connectivity index (χ4n) is 2.73. The molecule has 2 heterocycles. The third-order valence-electron chi connectivity index (χ3n) is 4.22. The molecule has 128 valence electrons. The number of rotatable bonds is 4. The molecule has 1 amide bonds. The highest BCUT2D eigenvalue weighted by Gasteiger charge is 2.30. The van der Waals surface area contributed by atoms with Gasteiger partial charge in [-0.15, -0.1) is 11.3 Å². The summed E-state index contributed by atoms with van der Waals surface area (Å²) in [5, 5.41) is 1.76. The zero-order chi connectivity index (χ0) is 17.2. The molecule has 0 unspecified atom stereocenters. The van der Waals surface area contributed by atoms with Crippen molar-refractivity contribution in [3.05, 3.63) is 52.9 Å². The third kappa shape index (κ3) is 3.38. The van der Waals surface area contributed by atoms with Gasteiger partial charge in [0, 0.05) is 31.7 Å². The smallest absolute Gasteiger partial charge is 0.253 e. The molecular weight excluding hydrogens is 344 g/mol. The summed E-state index contributed by atoms with van der Waals surface area (Å²) in [5.74, 6) is -0.0363. The van der Waals surface area contributed by atoms with Gasteiger partial charge in [0.1, 0.15) is 4.21 Å². The Labute approximate surface area is 146 Å². The summed E-state index contributed by atoms with van der Waals surface area (Å²) >= 11 is 1.22. The molecule has 0 N–H and O–H groups in total. The second-order valence-electron chi connectivity index (χ2n) is 5.68. The molecule has 7 heteroatoms. The van der Waals surface area contributed by atoms with E-state index in [0.29, 0.717) is 36.0 Å². The van der Waals surface area contributed by atoms with Crippen LogP contribution in [0.15, 0.2) is 46.0 Å². The van der Waals surface area contributed by atoms with Crippen LogP contribution in [0, 0.1) is 0 Å². The van der Waals surface area contributed by atoms with Crippen LogP contribution in [0.5, 0.6) is 0 Å². The van der Waals surface area contributed by atoms with Gasteiger partial charge in [0.15, 0.2) is 0 Å². The summed E-state index contributed by atoms with van der Waals surface area (Å²) in [6.45, 7) is 3.57. The number of sulfonamides is 1. The number of thiophene rings is 1. The molecule has 24 heavy (non-hydrogen) atoms. The minimum atomic E-state index is -3.43. The number of hydrogen-bond donors (Lipinski definition) is 0. The van der Waals surface area contributed by atoms with Gasteiger partial charge in [-0.05, 0) is 35.6 Å². The van der Waals surface area contributed by atoms with Gasteiger partial charge in [-0.2, -0.15) is 4.31 Å². The molecule has 1 aromatic carbocycles. The molecule has 0 radical (unpaired) electrons. The Balaban J connectivity index is 1.65. The molecule has 1 aliphatic heterocycles. The molecule has 1 saturated heterocycles. The van der Waals surface area contributed by atoms with E-state index in [2.05, 4.69) is 6.92 Å². The van der Waals surface area contributed by atoms with Crippen molar-refractivity contribution >= 4 is 27.3 Å². The molecule has 1 fully saturated rings. The fourth-order valence-corrected chi connectivity index (χ4v) is 5.30. The van der Waals surface area contributed by atoms with Gasteiger partial charge in [-0.25, -0.2) is 8.42 Å². The van der Waals surface area contributed by atoms with E-state index in [1.807, 2.05) is 24.3 Å². The third-order valence-corrected chi connectivity index (χ3v) is 7.50. The van der Waals surface area contributed by atoms with E-state index in [0.717, 1.165) is 6.42 Å². The number of hydrogen-bond acceptors (Lipinski definition) is 4. The van der Waals surface area contributed by atoms with Gasteiger partial charge in [-0.3, -0.25) is 4.79 Å². The number of amides is 1.